The number of nitrogens with one attached hydrogen (secondary N) is 1. The average Bonchev–Trinajstić information content (AvgIpc) is 2.85. The highest BCUT2D eigenvalue weighted by Crippen LogP contribution is 2.33. The minimum atomic E-state index is -0.114. The molecule has 2 aliphatic rings. The highest BCUT2D eigenvalue weighted by molar-refractivity contribution is 7.99. The molecule has 0 radical (unpaired) electrons. The molecule has 0 atom stereocenters. The summed E-state index contributed by atoms with van der Waals surface area (Å²) >= 11 is 2.07. The van der Waals surface area contributed by atoms with E-state index in [0.29, 0.717) is 5.57 Å². The third-order valence-corrected chi connectivity index (χ3v) is 7.95. The summed E-state index contributed by atoms with van der Waals surface area (Å²) in [4.78, 5) is 13.0. The molecule has 1 amide bonds. The minimum absolute atomic E-state index is 0.114. The van der Waals surface area contributed by atoms with Crippen molar-refractivity contribution in [2.45, 2.75) is 25.4 Å². The van der Waals surface area contributed by atoms with Crippen molar-refractivity contribution in [1.82, 2.24) is 0 Å². The van der Waals surface area contributed by atoms with Gasteiger partial charge in [-0.3, -0.25) is 4.79 Å². The van der Waals surface area contributed by atoms with Gasteiger partial charge < -0.3 is 14.5 Å². The molecule has 2 heterocycles. The van der Waals surface area contributed by atoms with Crippen molar-refractivity contribution in [3.05, 3.63) is 77.4 Å². The van der Waals surface area contributed by atoms with Crippen molar-refractivity contribution >= 4 is 40.2 Å². The Bertz CT molecular complexity index is 1190. The quantitative estimate of drug-likeness (QED) is 0.496. The van der Waals surface area contributed by atoms with Gasteiger partial charge in [0.15, 0.2) is 0 Å². The molecular weight excluding hydrogens is 428 g/mol. The second-order valence-electron chi connectivity index (χ2n) is 9.59. The van der Waals surface area contributed by atoms with Crippen LogP contribution in [0.4, 0.5) is 5.69 Å². The molecule has 3 aromatic rings. The lowest BCUT2D eigenvalue weighted by molar-refractivity contribution is -0.928. The fourth-order valence-corrected chi connectivity index (χ4v) is 6.02. The lowest BCUT2D eigenvalue weighted by Gasteiger charge is -2.40. The smallest absolute Gasteiger partial charge is 0.255 e. The Kier molecular flexibility index (Phi) is 6.17. The van der Waals surface area contributed by atoms with Crippen LogP contribution in [0.25, 0.3) is 16.8 Å². The fourth-order valence-electron chi connectivity index (χ4n) is 4.94. The van der Waals surface area contributed by atoms with E-state index in [2.05, 4.69) is 61.5 Å². The van der Waals surface area contributed by atoms with Gasteiger partial charge in [0.25, 0.3) is 5.91 Å². The van der Waals surface area contributed by atoms with E-state index in [-0.39, 0.29) is 12.5 Å². The molecule has 0 bridgehead atoms. The van der Waals surface area contributed by atoms with Crippen LogP contribution in [0, 0.1) is 0 Å². The first kappa shape index (κ1) is 22.1. The number of carbonyl (C=O) groups excluding carboxylic acids is 1. The summed E-state index contributed by atoms with van der Waals surface area (Å²) in [5.41, 5.74) is 3.72. The summed E-state index contributed by atoms with van der Waals surface area (Å²) in [5.74, 6) is 3.26. The third-order valence-electron chi connectivity index (χ3n) is 6.91. The van der Waals surface area contributed by atoms with Gasteiger partial charge in [-0.05, 0) is 46.6 Å². The maximum absolute atomic E-state index is 13.0. The number of anilines is 1. The standard InChI is InChI=1S/C28H30N2O2S/c1-30(2,24-13-15-33-16-14-24)18-20-7-10-23(11-8-20)29-28(31)22-17-26-25-6-4-3-5-21(25)9-12-27(26)32-19-22/h3-12,17,24H,13-16,18-19H2,1-2H3/p+1. The summed E-state index contributed by atoms with van der Waals surface area (Å²) in [7, 11) is 4.68. The molecular formula is C28H31N2O2S+. The molecule has 5 rings (SSSR count). The first-order chi connectivity index (χ1) is 16.0. The molecule has 3 aromatic carbocycles. The zero-order chi connectivity index (χ0) is 22.8. The number of carbonyl (C=O) groups is 1. The largest absolute Gasteiger partial charge is 0.488 e. The Hall–Kier alpha value is -2.76. The Morgan fingerprint density at radius 2 is 1.79 bits per heavy atom. The van der Waals surface area contributed by atoms with Crippen LogP contribution in [-0.2, 0) is 11.3 Å². The van der Waals surface area contributed by atoms with E-state index >= 15 is 0 Å². The third kappa shape index (κ3) is 4.80. The second kappa shape index (κ2) is 9.24. The lowest BCUT2D eigenvalue weighted by atomic mass is 9.99. The molecule has 0 saturated carbocycles. The lowest BCUT2D eigenvalue weighted by Crippen LogP contribution is -2.49. The van der Waals surface area contributed by atoms with Crippen LogP contribution in [0.15, 0.2) is 66.2 Å². The van der Waals surface area contributed by atoms with Crippen molar-refractivity contribution in [1.29, 1.82) is 0 Å². The maximum Gasteiger partial charge on any atom is 0.255 e. The topological polar surface area (TPSA) is 38.3 Å². The molecule has 33 heavy (non-hydrogen) atoms. The molecule has 5 heteroatoms. The Labute approximate surface area is 200 Å². The zero-order valence-electron chi connectivity index (χ0n) is 19.3. The van der Waals surface area contributed by atoms with Crippen LogP contribution >= 0.6 is 11.8 Å². The van der Waals surface area contributed by atoms with Crippen molar-refractivity contribution < 1.29 is 14.0 Å². The van der Waals surface area contributed by atoms with Gasteiger partial charge in [0.1, 0.15) is 18.9 Å². The van der Waals surface area contributed by atoms with Crippen LogP contribution in [0.5, 0.6) is 5.75 Å². The predicted molar refractivity (Wildman–Crippen MR) is 139 cm³/mol. The van der Waals surface area contributed by atoms with Gasteiger partial charge in [0.2, 0.25) is 0 Å². The first-order valence-electron chi connectivity index (χ1n) is 11.7. The molecule has 0 unspecified atom stereocenters. The van der Waals surface area contributed by atoms with E-state index in [1.807, 2.05) is 36.4 Å². The number of nitrogens with zero attached hydrogens (tertiary/aromatic N) is 1. The number of thioether (sulfide) groups is 1. The Balaban J connectivity index is 1.28. The van der Waals surface area contributed by atoms with Gasteiger partial charge in [-0.1, -0.05) is 42.5 Å². The summed E-state index contributed by atoms with van der Waals surface area (Å²) < 4.78 is 6.92. The molecule has 0 spiro atoms. The number of hydrogen-bond donors (Lipinski definition) is 1. The van der Waals surface area contributed by atoms with E-state index in [0.717, 1.165) is 44.8 Å². The van der Waals surface area contributed by atoms with Gasteiger partial charge in [0.05, 0.1) is 25.7 Å². The molecule has 4 nitrogen and oxygen atoms in total. The van der Waals surface area contributed by atoms with Crippen molar-refractivity contribution in [3.63, 3.8) is 0 Å². The number of amides is 1. The van der Waals surface area contributed by atoms with E-state index in [4.69, 9.17) is 4.74 Å². The SMILES string of the molecule is C[N+](C)(Cc1ccc(NC(=O)C2=Cc3c(ccc4ccccc34)OC2)cc1)C1CCSCC1. The first-order valence-corrected chi connectivity index (χ1v) is 12.8. The normalized spacial score (nSPS) is 16.6. The van der Waals surface area contributed by atoms with Crippen LogP contribution in [0.2, 0.25) is 0 Å². The number of ether oxygens (including phenoxy) is 1. The summed E-state index contributed by atoms with van der Waals surface area (Å²) in [6, 6.07) is 21.2. The Morgan fingerprint density at radius 1 is 1.03 bits per heavy atom. The predicted octanol–water partition coefficient (Wildman–Crippen LogP) is 5.73. The Morgan fingerprint density at radius 3 is 2.58 bits per heavy atom. The van der Waals surface area contributed by atoms with Crippen molar-refractivity contribution in [3.8, 4) is 5.75 Å². The summed E-state index contributed by atoms with van der Waals surface area (Å²) in [5, 5.41) is 5.29. The molecule has 1 N–H and O–H groups in total. The number of quaternary nitrogens is 1. The van der Waals surface area contributed by atoms with Gasteiger partial charge >= 0.3 is 0 Å². The van der Waals surface area contributed by atoms with Gasteiger partial charge in [-0.15, -0.1) is 0 Å². The maximum atomic E-state index is 13.0. The average molecular weight is 460 g/mol. The van der Waals surface area contributed by atoms with E-state index < -0.39 is 0 Å². The molecule has 1 saturated heterocycles. The monoisotopic (exact) mass is 459 g/mol. The minimum Gasteiger partial charge on any atom is -0.488 e. The number of rotatable bonds is 5. The van der Waals surface area contributed by atoms with Crippen LogP contribution in [-0.4, -0.2) is 48.6 Å². The second-order valence-corrected chi connectivity index (χ2v) is 10.8. The van der Waals surface area contributed by atoms with E-state index in [9.17, 15) is 4.79 Å². The number of hydrogen-bond acceptors (Lipinski definition) is 3. The van der Waals surface area contributed by atoms with E-state index in [1.165, 1.54) is 29.9 Å². The number of benzene rings is 3. The molecule has 2 aliphatic heterocycles. The number of fused-ring (bicyclic) bond motifs is 3. The van der Waals surface area contributed by atoms with Crippen LogP contribution in [0.1, 0.15) is 24.0 Å². The fraction of sp³-hybridized carbons (Fsp3) is 0.321. The van der Waals surface area contributed by atoms with E-state index in [1.54, 1.807) is 0 Å². The molecule has 170 valence electrons. The van der Waals surface area contributed by atoms with Crippen molar-refractivity contribution in [2.24, 2.45) is 0 Å². The highest BCUT2D eigenvalue weighted by atomic mass is 32.2. The van der Waals surface area contributed by atoms with Crippen LogP contribution in [0.3, 0.4) is 0 Å². The van der Waals surface area contributed by atoms with Crippen LogP contribution < -0.4 is 10.1 Å². The summed E-state index contributed by atoms with van der Waals surface area (Å²) in [6.45, 7) is 1.28. The molecule has 0 aromatic heterocycles. The highest BCUT2D eigenvalue weighted by Gasteiger charge is 2.30. The molecule has 0 aliphatic carbocycles. The molecule has 1 fully saturated rings. The summed E-state index contributed by atoms with van der Waals surface area (Å²) in [6.07, 6.45) is 4.55. The van der Waals surface area contributed by atoms with Crippen molar-refractivity contribution in [2.75, 3.05) is 37.5 Å². The van der Waals surface area contributed by atoms with Gasteiger partial charge in [-0.25, -0.2) is 0 Å². The van der Waals surface area contributed by atoms with Gasteiger partial charge in [0, 0.05) is 29.7 Å². The van der Waals surface area contributed by atoms with Gasteiger partial charge in [-0.2, -0.15) is 11.8 Å². The zero-order valence-corrected chi connectivity index (χ0v) is 20.2.